The lowest BCUT2D eigenvalue weighted by atomic mass is 9.93. The minimum atomic E-state index is -1.57. The van der Waals surface area contributed by atoms with E-state index in [-0.39, 0.29) is 92.4 Å². The number of rotatable bonds is 42. The molecule has 0 spiro atoms. The number of ether oxygens (including phenoxy) is 19. The maximum Gasteiger partial charge on any atom is 0.246 e. The molecule has 5 fully saturated rings. The van der Waals surface area contributed by atoms with Crippen molar-refractivity contribution in [2.75, 3.05) is 39.5 Å². The van der Waals surface area contributed by atoms with Crippen molar-refractivity contribution in [2.24, 2.45) is 5.73 Å². The Morgan fingerprint density at radius 2 is 0.685 bits per heavy atom. The fourth-order valence-electron chi connectivity index (χ4n) is 16.0. The minimum absolute atomic E-state index is 0.00270. The van der Waals surface area contributed by atoms with Crippen LogP contribution in [0.3, 0.4) is 0 Å². The van der Waals surface area contributed by atoms with Crippen LogP contribution < -0.4 is 16.4 Å². The third-order valence-electron chi connectivity index (χ3n) is 22.2. The van der Waals surface area contributed by atoms with Crippen molar-refractivity contribution < 1.29 is 99.6 Å². The molecule has 24 heteroatoms. The van der Waals surface area contributed by atoms with Crippen molar-refractivity contribution in [3.63, 3.8) is 0 Å². The molecule has 0 aromatic heterocycles. The zero-order valence-electron chi connectivity index (χ0n) is 69.7. The molecule has 0 saturated carbocycles. The molecular formula is C100H111N3O21. The Balaban J connectivity index is 0.880. The summed E-state index contributed by atoms with van der Waals surface area (Å²) in [6.07, 6.45) is -23.1. The lowest BCUT2D eigenvalue weighted by Crippen LogP contribution is -2.71. The molecule has 24 nitrogen and oxygen atoms in total. The third-order valence-corrected chi connectivity index (χ3v) is 22.2. The van der Waals surface area contributed by atoms with Crippen LogP contribution in [-0.4, -0.2) is 174 Å². The van der Waals surface area contributed by atoms with Crippen LogP contribution in [0.2, 0.25) is 0 Å². The molecule has 10 aromatic carbocycles. The van der Waals surface area contributed by atoms with Crippen LogP contribution >= 0.6 is 0 Å². The van der Waals surface area contributed by atoms with Crippen LogP contribution in [0.25, 0.3) is 0 Å². The highest BCUT2D eigenvalue weighted by Gasteiger charge is 2.60. The smallest absolute Gasteiger partial charge is 0.246 e. The summed E-state index contributed by atoms with van der Waals surface area (Å²) in [6, 6.07) is 96.5. The summed E-state index contributed by atoms with van der Waals surface area (Å²) >= 11 is 0. The number of nitrogens with one attached hydrogen (secondary N) is 2. The molecule has 21 atom stereocenters. The van der Waals surface area contributed by atoms with E-state index in [9.17, 15) is 9.59 Å². The van der Waals surface area contributed by atoms with E-state index in [1.807, 2.05) is 310 Å². The first-order valence-electron chi connectivity index (χ1n) is 42.7. The van der Waals surface area contributed by atoms with Gasteiger partial charge < -0.3 is 106 Å². The topological polar surface area (TPSA) is 260 Å². The summed E-state index contributed by atoms with van der Waals surface area (Å²) in [5.41, 5.74) is 14.5. The molecule has 0 bridgehead atoms. The van der Waals surface area contributed by atoms with Gasteiger partial charge in [-0.15, -0.1) is 0 Å². The minimum Gasteiger partial charge on any atom is -0.374 e. The lowest BCUT2D eigenvalue weighted by Gasteiger charge is -2.54. The summed E-state index contributed by atoms with van der Waals surface area (Å²) in [6.45, 7) is 3.99. The average molecular weight is 1690 g/mol. The first kappa shape index (κ1) is 89.2. The molecule has 10 aromatic rings. The molecule has 5 heterocycles. The quantitative estimate of drug-likeness (QED) is 0.0321. The normalized spacial score (nSPS) is 27.5. The molecule has 124 heavy (non-hydrogen) atoms. The molecular weight excluding hydrogens is 1580 g/mol. The van der Waals surface area contributed by atoms with Crippen LogP contribution in [0.4, 0.5) is 0 Å². The highest BCUT2D eigenvalue weighted by atomic mass is 16.8. The van der Waals surface area contributed by atoms with E-state index in [0.29, 0.717) is 5.56 Å². The summed E-state index contributed by atoms with van der Waals surface area (Å²) in [4.78, 5) is 28.7. The fourth-order valence-corrected chi connectivity index (χ4v) is 16.0. The zero-order chi connectivity index (χ0) is 84.9. The number of benzene rings is 10. The summed E-state index contributed by atoms with van der Waals surface area (Å²) in [7, 11) is 0. The van der Waals surface area contributed by atoms with Gasteiger partial charge in [0.2, 0.25) is 11.8 Å². The van der Waals surface area contributed by atoms with E-state index >= 15 is 0 Å². The monoisotopic (exact) mass is 1690 g/mol. The first-order valence-corrected chi connectivity index (χ1v) is 42.7. The van der Waals surface area contributed by atoms with Gasteiger partial charge in [0, 0.05) is 25.6 Å². The van der Waals surface area contributed by atoms with Gasteiger partial charge in [0.25, 0.3) is 0 Å². The largest absolute Gasteiger partial charge is 0.374 e. The fraction of sp³-hybridized carbons (Fsp3) is 0.380. The number of amides is 2. The van der Waals surface area contributed by atoms with Crippen LogP contribution in [0.5, 0.6) is 0 Å². The number of nitrogens with two attached hydrogens (primary N) is 1. The molecule has 5 aliphatic rings. The van der Waals surface area contributed by atoms with Gasteiger partial charge in [-0.2, -0.15) is 0 Å². The van der Waals surface area contributed by atoms with Gasteiger partial charge in [0.15, 0.2) is 31.5 Å². The van der Waals surface area contributed by atoms with Crippen molar-refractivity contribution >= 4 is 11.8 Å². The van der Waals surface area contributed by atoms with Gasteiger partial charge in [-0.3, -0.25) is 9.59 Å². The Labute approximate surface area is 724 Å². The predicted molar refractivity (Wildman–Crippen MR) is 458 cm³/mol. The average Bonchev–Trinajstić information content (AvgIpc) is 0.770. The van der Waals surface area contributed by atoms with Gasteiger partial charge in [0.05, 0.1) is 85.4 Å². The van der Waals surface area contributed by atoms with Crippen LogP contribution in [-0.2, 0) is 159 Å². The molecule has 5 aliphatic heterocycles. The van der Waals surface area contributed by atoms with E-state index in [0.717, 1.165) is 50.1 Å². The highest BCUT2D eigenvalue weighted by Crippen LogP contribution is 2.43. The maximum atomic E-state index is 14.9. The van der Waals surface area contributed by atoms with Gasteiger partial charge in [0.1, 0.15) is 98.1 Å². The van der Waals surface area contributed by atoms with Gasteiger partial charge in [-0.1, -0.05) is 303 Å². The number of carbonyl (C=O) groups is 2. The second-order valence-corrected chi connectivity index (χ2v) is 31.3. The Kier molecular flexibility index (Phi) is 33.5. The second-order valence-electron chi connectivity index (χ2n) is 31.3. The van der Waals surface area contributed by atoms with Crippen LogP contribution in [0.15, 0.2) is 303 Å². The van der Waals surface area contributed by atoms with Crippen molar-refractivity contribution in [1.29, 1.82) is 0 Å². The zero-order valence-corrected chi connectivity index (χ0v) is 69.7. The van der Waals surface area contributed by atoms with Crippen molar-refractivity contribution in [1.82, 2.24) is 10.6 Å². The molecule has 15 rings (SSSR count). The molecule has 4 N–H and O–H groups in total. The van der Waals surface area contributed by atoms with Crippen molar-refractivity contribution in [3.05, 3.63) is 359 Å². The van der Waals surface area contributed by atoms with Crippen molar-refractivity contribution in [3.8, 4) is 0 Å². The Morgan fingerprint density at radius 1 is 0.347 bits per heavy atom. The molecule has 2 amide bonds. The van der Waals surface area contributed by atoms with E-state index in [1.165, 1.54) is 6.92 Å². The Hall–Kier alpha value is -9.66. The molecule has 5 saturated heterocycles. The number of hydrogen-bond donors (Lipinski definition) is 3. The third kappa shape index (κ3) is 25.1. The van der Waals surface area contributed by atoms with E-state index in [4.69, 9.17) is 95.7 Å². The standard InChI is InChI=1S/C100H111N3O21/c1-68-85(108-57-72-37-17-5-18-38-72)90(111-60-75-43-23-8-24-44-75)93(113-62-77-47-27-10-28-48-77)99(117-68)124-95-91(112-61-76-45-25-9-26-46-76)86(109-58-73-39-19-6-20-40-73)80(64-106-55-70-33-13-3-14-34-70)120-100(95)122-89-84(103-69(2)104)97(118-82-66-115-96(121-88(82)89)79-51-31-12-32-52-79)123-92-87(110-59-74-41-21-7-22-42-74)81(65-107-56-71-35-15-4-16-36-71)119-98(116-67-83(105)102-54-53-101)94(92)114-63-78-49-29-11-30-50-78/h3-52,68,80-82,84-100H,53-67,101H2,1-2H3,(H,102,105)(H,103,104)/t68-,80+,81+,82+,84+,85+,86-,87-,88-,89+,90+,91-,92-,93-,94+,95+,96-,97-,98-,99-,100-/m0/s1. The van der Waals surface area contributed by atoms with E-state index < -0.39 is 147 Å². The Morgan fingerprint density at radius 3 is 1.10 bits per heavy atom. The lowest BCUT2D eigenvalue weighted by molar-refractivity contribution is -0.410. The Bertz CT molecular complexity index is 4720. The molecule has 652 valence electrons. The highest BCUT2D eigenvalue weighted by molar-refractivity contribution is 5.77. The van der Waals surface area contributed by atoms with Crippen molar-refractivity contribution in [2.45, 2.75) is 202 Å². The second kappa shape index (κ2) is 46.5. The molecule has 0 radical (unpaired) electrons. The number of fused-ring (bicyclic) bond motifs is 1. The SMILES string of the molecule is CC(=O)N[C@H]1[C@H](O[C@H]2[C@@H](OCc3ccccc3)[C@@H](COCc3ccccc3)O[C@H](OCC(=O)NCCN)[C@@H]2OCc2ccccc2)O[C@@H]2CO[C@H](c3ccccc3)O[C@@H]2[C@@H]1O[C@@H]1O[C@H](COCc2ccccc2)[C@H](OCc2ccccc2)[C@H](OCc2ccccc2)[C@H]1O[C@@H]1O[C@@H](C)[C@@H](OCc2ccccc2)[C@@H](OCc2ccccc2)[C@@H]1OCc1ccccc1. The number of hydrogen-bond acceptors (Lipinski definition) is 22. The molecule has 0 unspecified atom stereocenters. The summed E-state index contributed by atoms with van der Waals surface area (Å²) < 4.78 is 138. The van der Waals surface area contributed by atoms with Gasteiger partial charge in [-0.25, -0.2) is 0 Å². The first-order chi connectivity index (χ1) is 61.1. The molecule has 0 aliphatic carbocycles. The van der Waals surface area contributed by atoms with E-state index in [2.05, 4.69) is 10.6 Å². The predicted octanol–water partition coefficient (Wildman–Crippen LogP) is 13.3. The van der Waals surface area contributed by atoms with Crippen LogP contribution in [0.1, 0.15) is 75.8 Å². The van der Waals surface area contributed by atoms with Gasteiger partial charge in [-0.05, 0) is 57.0 Å². The van der Waals surface area contributed by atoms with Gasteiger partial charge >= 0.3 is 0 Å². The summed E-state index contributed by atoms with van der Waals surface area (Å²) in [5, 5.41) is 6.11. The maximum absolute atomic E-state index is 14.9. The van der Waals surface area contributed by atoms with E-state index in [1.54, 1.807) is 0 Å². The van der Waals surface area contributed by atoms with Crippen LogP contribution in [0, 0.1) is 0 Å². The summed E-state index contributed by atoms with van der Waals surface area (Å²) in [5.74, 6) is -0.965. The number of carbonyl (C=O) groups excluding carboxylic acids is 2.